The van der Waals surface area contributed by atoms with Crippen molar-refractivity contribution < 1.29 is 13.5 Å². The zero-order valence-electron chi connectivity index (χ0n) is 8.09. The first-order valence-electron chi connectivity index (χ1n) is 4.43. The lowest BCUT2D eigenvalue weighted by atomic mass is 10.1. The highest BCUT2D eigenvalue weighted by Crippen LogP contribution is 2.23. The van der Waals surface area contributed by atoms with Crippen molar-refractivity contribution in [2.45, 2.75) is 6.42 Å². The summed E-state index contributed by atoms with van der Waals surface area (Å²) < 4.78 is 31.3. The quantitative estimate of drug-likeness (QED) is 0.765. The highest BCUT2D eigenvalue weighted by Gasteiger charge is 2.11. The maximum absolute atomic E-state index is 13.3. The van der Waals surface area contributed by atoms with Crippen LogP contribution in [0, 0.1) is 24.0 Å². The maximum atomic E-state index is 13.3. The minimum atomic E-state index is -0.756. The van der Waals surface area contributed by atoms with E-state index in [1.54, 1.807) is 0 Å². The van der Waals surface area contributed by atoms with Gasteiger partial charge in [0.25, 0.3) is 0 Å². The Morgan fingerprint density at radius 2 is 1.93 bits per heavy atom. The van der Waals surface area contributed by atoms with Crippen LogP contribution in [0.2, 0.25) is 0 Å². The monoisotopic (exact) mass is 211 g/mol. The third-order valence-corrected chi connectivity index (χ3v) is 1.79. The van der Waals surface area contributed by atoms with Gasteiger partial charge in [-0.1, -0.05) is 5.92 Å². The molecule has 0 aromatic heterocycles. The van der Waals surface area contributed by atoms with Crippen LogP contribution >= 0.6 is 0 Å². The van der Waals surface area contributed by atoms with E-state index in [2.05, 4.69) is 5.92 Å². The minimum Gasteiger partial charge on any atom is -0.475 e. The van der Waals surface area contributed by atoms with E-state index in [0.29, 0.717) is 18.5 Å². The lowest BCUT2D eigenvalue weighted by molar-refractivity contribution is 0.326. The molecule has 0 heterocycles. The highest BCUT2D eigenvalue weighted by molar-refractivity contribution is 5.31. The molecule has 0 saturated carbocycles. The Morgan fingerprint density at radius 3 is 2.40 bits per heavy atom. The standard InChI is InChI=1S/C11H11F2NO/c1-2-5-15-11-9(12)6-8(3-4-14)7-10(11)13/h1,6-7H,3-5,14H2. The van der Waals surface area contributed by atoms with Crippen molar-refractivity contribution in [1.82, 2.24) is 0 Å². The molecule has 0 saturated heterocycles. The largest absolute Gasteiger partial charge is 0.475 e. The molecule has 0 fully saturated rings. The maximum Gasteiger partial charge on any atom is 0.192 e. The van der Waals surface area contributed by atoms with Gasteiger partial charge in [-0.05, 0) is 30.7 Å². The first kappa shape index (κ1) is 11.5. The van der Waals surface area contributed by atoms with Crippen LogP contribution in [0.4, 0.5) is 8.78 Å². The van der Waals surface area contributed by atoms with Crippen LogP contribution in [0.15, 0.2) is 12.1 Å². The van der Waals surface area contributed by atoms with Crippen LogP contribution < -0.4 is 10.5 Å². The van der Waals surface area contributed by atoms with Gasteiger partial charge in [-0.3, -0.25) is 0 Å². The summed E-state index contributed by atoms with van der Waals surface area (Å²) in [6, 6.07) is 2.39. The molecule has 80 valence electrons. The predicted molar refractivity (Wildman–Crippen MR) is 53.4 cm³/mol. The van der Waals surface area contributed by atoms with Gasteiger partial charge in [0.2, 0.25) is 0 Å². The normalized spacial score (nSPS) is 9.73. The molecule has 1 rings (SSSR count). The molecular formula is C11H11F2NO. The van der Waals surface area contributed by atoms with E-state index < -0.39 is 17.4 Å². The second-order valence-corrected chi connectivity index (χ2v) is 2.92. The summed E-state index contributed by atoms with van der Waals surface area (Å²) in [5.41, 5.74) is 5.78. The van der Waals surface area contributed by atoms with Crippen molar-refractivity contribution in [3.8, 4) is 18.1 Å². The third kappa shape index (κ3) is 2.93. The van der Waals surface area contributed by atoms with Crippen LogP contribution in [0.1, 0.15) is 5.56 Å². The summed E-state index contributed by atoms with van der Waals surface area (Å²) in [6.45, 7) is 0.174. The van der Waals surface area contributed by atoms with Crippen molar-refractivity contribution in [2.75, 3.05) is 13.2 Å². The summed E-state index contributed by atoms with van der Waals surface area (Å²) in [7, 11) is 0. The molecular weight excluding hydrogens is 200 g/mol. The summed E-state index contributed by atoms with van der Waals surface area (Å²) >= 11 is 0. The fraction of sp³-hybridized carbons (Fsp3) is 0.273. The summed E-state index contributed by atoms with van der Waals surface area (Å²) in [4.78, 5) is 0. The number of hydrogen-bond acceptors (Lipinski definition) is 2. The predicted octanol–water partition coefficient (Wildman–Crippen LogP) is 1.48. The number of benzene rings is 1. The van der Waals surface area contributed by atoms with E-state index in [4.69, 9.17) is 16.9 Å². The second kappa shape index (κ2) is 5.32. The molecule has 0 aliphatic carbocycles. The van der Waals surface area contributed by atoms with E-state index >= 15 is 0 Å². The topological polar surface area (TPSA) is 35.2 Å². The summed E-state index contributed by atoms with van der Waals surface area (Å²) in [6.07, 6.45) is 5.34. The van der Waals surface area contributed by atoms with Crippen LogP contribution in [0.3, 0.4) is 0 Å². The van der Waals surface area contributed by atoms with Gasteiger partial charge in [0.05, 0.1) is 0 Å². The Morgan fingerprint density at radius 1 is 1.33 bits per heavy atom. The van der Waals surface area contributed by atoms with Gasteiger partial charge in [0.15, 0.2) is 17.4 Å². The van der Waals surface area contributed by atoms with Gasteiger partial charge in [-0.2, -0.15) is 0 Å². The van der Waals surface area contributed by atoms with E-state index in [-0.39, 0.29) is 6.61 Å². The molecule has 0 radical (unpaired) electrons. The Balaban J connectivity index is 2.94. The van der Waals surface area contributed by atoms with E-state index in [1.807, 2.05) is 0 Å². The number of ether oxygens (including phenoxy) is 1. The molecule has 4 heteroatoms. The van der Waals surface area contributed by atoms with Crippen molar-refractivity contribution in [3.63, 3.8) is 0 Å². The van der Waals surface area contributed by atoms with Crippen molar-refractivity contribution in [1.29, 1.82) is 0 Å². The molecule has 0 spiro atoms. The van der Waals surface area contributed by atoms with Gasteiger partial charge in [0, 0.05) is 0 Å². The van der Waals surface area contributed by atoms with Crippen molar-refractivity contribution >= 4 is 0 Å². The Hall–Kier alpha value is -1.60. The highest BCUT2D eigenvalue weighted by atomic mass is 19.1. The Kier molecular flexibility index (Phi) is 4.07. The first-order valence-corrected chi connectivity index (χ1v) is 4.43. The number of rotatable bonds is 4. The van der Waals surface area contributed by atoms with E-state index in [1.165, 1.54) is 12.1 Å². The van der Waals surface area contributed by atoms with Crippen LogP contribution in [0.5, 0.6) is 5.75 Å². The van der Waals surface area contributed by atoms with Gasteiger partial charge < -0.3 is 10.5 Å². The number of halogens is 2. The third-order valence-electron chi connectivity index (χ3n) is 1.79. The summed E-state index contributed by atoms with van der Waals surface area (Å²) in [5.74, 6) is 0.187. The average molecular weight is 211 g/mol. The van der Waals surface area contributed by atoms with Crippen LogP contribution in [0.25, 0.3) is 0 Å². The number of hydrogen-bond donors (Lipinski definition) is 1. The molecule has 1 aromatic carbocycles. The average Bonchev–Trinajstić information content (AvgIpc) is 2.17. The smallest absolute Gasteiger partial charge is 0.192 e. The fourth-order valence-electron chi connectivity index (χ4n) is 1.18. The molecule has 1 aromatic rings. The number of nitrogens with two attached hydrogens (primary N) is 1. The molecule has 15 heavy (non-hydrogen) atoms. The van der Waals surface area contributed by atoms with Gasteiger partial charge in [-0.15, -0.1) is 6.42 Å². The second-order valence-electron chi connectivity index (χ2n) is 2.92. The summed E-state index contributed by atoms with van der Waals surface area (Å²) in [5, 5.41) is 0. The van der Waals surface area contributed by atoms with Gasteiger partial charge in [0.1, 0.15) is 6.61 Å². The lowest BCUT2D eigenvalue weighted by Crippen LogP contribution is -2.05. The van der Waals surface area contributed by atoms with Crippen molar-refractivity contribution in [2.24, 2.45) is 5.73 Å². The Labute approximate surface area is 87.0 Å². The van der Waals surface area contributed by atoms with Gasteiger partial charge >= 0.3 is 0 Å². The van der Waals surface area contributed by atoms with Crippen LogP contribution in [-0.2, 0) is 6.42 Å². The SMILES string of the molecule is C#CCOc1c(F)cc(CCN)cc1F. The molecule has 0 unspecified atom stereocenters. The van der Waals surface area contributed by atoms with E-state index in [9.17, 15) is 8.78 Å². The first-order chi connectivity index (χ1) is 7.19. The molecule has 0 atom stereocenters. The molecule has 0 aliphatic heterocycles. The zero-order valence-corrected chi connectivity index (χ0v) is 8.09. The molecule has 0 bridgehead atoms. The molecule has 2 nitrogen and oxygen atoms in total. The minimum absolute atomic E-state index is 0.163. The fourth-order valence-corrected chi connectivity index (χ4v) is 1.18. The van der Waals surface area contributed by atoms with Crippen molar-refractivity contribution in [3.05, 3.63) is 29.3 Å². The number of terminal acetylenes is 1. The molecule has 0 aliphatic rings. The van der Waals surface area contributed by atoms with E-state index in [0.717, 1.165) is 0 Å². The Bertz CT molecular complexity index is 362. The zero-order chi connectivity index (χ0) is 11.3. The van der Waals surface area contributed by atoms with Gasteiger partial charge in [-0.25, -0.2) is 8.78 Å². The molecule has 2 N–H and O–H groups in total. The lowest BCUT2D eigenvalue weighted by Gasteiger charge is -2.07. The molecule has 0 amide bonds. The van der Waals surface area contributed by atoms with Crippen LogP contribution in [-0.4, -0.2) is 13.2 Å².